The maximum atomic E-state index is 11.5. The summed E-state index contributed by atoms with van der Waals surface area (Å²) in [6, 6.07) is 1.21. The van der Waals surface area contributed by atoms with Crippen molar-refractivity contribution in [3.63, 3.8) is 0 Å². The number of rotatable bonds is 3. The van der Waals surface area contributed by atoms with Crippen molar-refractivity contribution in [1.82, 2.24) is 0 Å². The summed E-state index contributed by atoms with van der Waals surface area (Å²) in [5.74, 6) is -4.46. The lowest BCUT2D eigenvalue weighted by molar-refractivity contribution is -0.139. The van der Waals surface area contributed by atoms with Gasteiger partial charge in [-0.3, -0.25) is 19.2 Å². The zero-order valence-electron chi connectivity index (χ0n) is 10.0. The van der Waals surface area contributed by atoms with E-state index in [-0.39, 0.29) is 26.4 Å². The topological polar surface area (TPSA) is 125 Å². The summed E-state index contributed by atoms with van der Waals surface area (Å²) in [5.41, 5.74) is -0.171. The molecule has 2 N–H and O–H groups in total. The number of carboxylic acid groups (broad SMARTS) is 1. The number of carboxylic acids is 1. The largest absolute Gasteiger partial charge is 0.481 e. The number of nitrogens with one attached hydrogen (secondary N) is 1. The molecule has 8 nitrogen and oxygen atoms in total. The number of carbonyl (C=O) groups excluding carboxylic acids is 3. The van der Waals surface area contributed by atoms with Gasteiger partial charge in [0.25, 0.3) is 0 Å². The van der Waals surface area contributed by atoms with Crippen LogP contribution in [0, 0.1) is 0 Å². The van der Waals surface area contributed by atoms with Gasteiger partial charge >= 0.3 is 17.8 Å². The molecule has 0 bridgehead atoms. The number of fused-ring (bicyclic) bond motifs is 1. The number of aliphatic carboxylic acids is 1. The molecule has 0 radical (unpaired) electrons. The van der Waals surface area contributed by atoms with Gasteiger partial charge < -0.3 is 10.4 Å². The predicted octanol–water partition coefficient (Wildman–Crippen LogP) is -0.287. The van der Waals surface area contributed by atoms with E-state index in [4.69, 9.17) is 28.3 Å². The van der Waals surface area contributed by atoms with Crippen molar-refractivity contribution in [2.45, 2.75) is 6.42 Å². The molecule has 0 aliphatic carbocycles. The van der Waals surface area contributed by atoms with Gasteiger partial charge in [0.2, 0.25) is 5.91 Å². The van der Waals surface area contributed by atoms with E-state index in [1.165, 1.54) is 6.07 Å². The standard InChI is InChI=1S/C11H5Cl2N3O5/c12-3-1-4-8(16-11(21)10(20)14-4)9(7(3)13)15-5(17)2-6(18)19/h1H,2H2,(H,15,17)(H,18,19). The highest BCUT2D eigenvalue weighted by atomic mass is 35.5. The lowest BCUT2D eigenvalue weighted by Crippen LogP contribution is -2.37. The lowest BCUT2D eigenvalue weighted by Gasteiger charge is -2.09. The molecule has 10 heteroatoms. The fourth-order valence-electron chi connectivity index (χ4n) is 1.54. The zero-order chi connectivity index (χ0) is 15.7. The average Bonchev–Trinajstić information content (AvgIpc) is 2.37. The molecule has 1 aliphatic rings. The second-order valence-corrected chi connectivity index (χ2v) is 4.65. The fourth-order valence-corrected chi connectivity index (χ4v) is 1.93. The monoisotopic (exact) mass is 329 g/mol. The van der Waals surface area contributed by atoms with E-state index in [1.807, 2.05) is 0 Å². The smallest absolute Gasteiger partial charge is 0.338 e. The molecule has 0 saturated carbocycles. The second-order valence-electron chi connectivity index (χ2n) is 3.87. The Balaban J connectivity index is 2.62. The fraction of sp³-hybridized carbons (Fsp3) is 0.0909. The van der Waals surface area contributed by atoms with Gasteiger partial charge in [-0.2, -0.15) is 0 Å². The number of anilines is 1. The van der Waals surface area contributed by atoms with E-state index in [9.17, 15) is 19.2 Å². The Bertz CT molecular complexity index is 818. The SMILES string of the molecule is O=C(O)CC(=O)Nc1c(Cl)c(Cl)cc2c1=NC(=O)C(=O)N=2. The Morgan fingerprint density at radius 2 is 1.81 bits per heavy atom. The van der Waals surface area contributed by atoms with Gasteiger partial charge in [0.1, 0.15) is 11.8 Å². The summed E-state index contributed by atoms with van der Waals surface area (Å²) in [6.45, 7) is 0. The van der Waals surface area contributed by atoms with Crippen LogP contribution in [0.5, 0.6) is 0 Å². The Morgan fingerprint density at radius 1 is 1.19 bits per heavy atom. The molecule has 0 saturated heterocycles. The minimum atomic E-state index is -1.35. The highest BCUT2D eigenvalue weighted by Crippen LogP contribution is 2.25. The van der Waals surface area contributed by atoms with Crippen LogP contribution in [0.3, 0.4) is 0 Å². The molecule has 0 fully saturated rings. The van der Waals surface area contributed by atoms with Crippen LogP contribution in [0.15, 0.2) is 16.1 Å². The van der Waals surface area contributed by atoms with Gasteiger partial charge in [-0.1, -0.05) is 23.2 Å². The average molecular weight is 330 g/mol. The van der Waals surface area contributed by atoms with Crippen molar-refractivity contribution in [2.75, 3.05) is 5.32 Å². The lowest BCUT2D eigenvalue weighted by atomic mass is 10.2. The highest BCUT2D eigenvalue weighted by Gasteiger charge is 2.21. The first kappa shape index (κ1) is 15.1. The second kappa shape index (κ2) is 5.58. The molecule has 2 rings (SSSR count). The van der Waals surface area contributed by atoms with E-state index < -0.39 is 30.1 Å². The molecule has 0 unspecified atom stereocenters. The molecule has 1 aliphatic heterocycles. The molecular formula is C11H5Cl2N3O5. The van der Waals surface area contributed by atoms with Gasteiger partial charge in [0.15, 0.2) is 0 Å². The van der Waals surface area contributed by atoms with Crippen LogP contribution in [0.2, 0.25) is 10.0 Å². The molecule has 1 aromatic carbocycles. The molecular weight excluding hydrogens is 325 g/mol. The molecule has 0 spiro atoms. The molecule has 0 aromatic heterocycles. The Labute approximate surface area is 126 Å². The van der Waals surface area contributed by atoms with Crippen LogP contribution in [0.4, 0.5) is 5.69 Å². The van der Waals surface area contributed by atoms with Crippen molar-refractivity contribution in [3.05, 3.63) is 26.8 Å². The first-order valence-electron chi connectivity index (χ1n) is 5.35. The maximum Gasteiger partial charge on any atom is 0.338 e. The molecule has 108 valence electrons. The molecule has 1 aromatic rings. The summed E-state index contributed by atoms with van der Waals surface area (Å²) < 4.78 is 0. The molecule has 3 amide bonds. The number of hydrogen-bond donors (Lipinski definition) is 2. The van der Waals surface area contributed by atoms with Crippen LogP contribution in [-0.4, -0.2) is 28.8 Å². The highest BCUT2D eigenvalue weighted by molar-refractivity contribution is 6.44. The predicted molar refractivity (Wildman–Crippen MR) is 69.7 cm³/mol. The Morgan fingerprint density at radius 3 is 2.43 bits per heavy atom. The van der Waals surface area contributed by atoms with Gasteiger partial charge in [0.05, 0.1) is 21.1 Å². The number of nitrogens with zero attached hydrogens (tertiary/aromatic N) is 2. The quantitative estimate of drug-likeness (QED) is 0.582. The summed E-state index contributed by atoms with van der Waals surface area (Å²) in [4.78, 5) is 51.4. The van der Waals surface area contributed by atoms with Crippen LogP contribution in [0.25, 0.3) is 0 Å². The van der Waals surface area contributed by atoms with Gasteiger partial charge in [-0.15, -0.1) is 0 Å². The summed E-state index contributed by atoms with van der Waals surface area (Å²) in [6.07, 6.45) is -0.818. The van der Waals surface area contributed by atoms with Gasteiger partial charge in [0, 0.05) is 0 Å². The van der Waals surface area contributed by atoms with Crippen LogP contribution in [0.1, 0.15) is 6.42 Å². The van der Waals surface area contributed by atoms with Gasteiger partial charge in [-0.05, 0) is 6.07 Å². The van der Waals surface area contributed by atoms with E-state index in [2.05, 4.69) is 15.3 Å². The number of halogens is 2. The summed E-state index contributed by atoms with van der Waals surface area (Å²) in [7, 11) is 0. The Kier molecular flexibility index (Phi) is 4.01. The summed E-state index contributed by atoms with van der Waals surface area (Å²) in [5, 5.41) is 10.4. The van der Waals surface area contributed by atoms with Crippen molar-refractivity contribution >= 4 is 52.6 Å². The minimum absolute atomic E-state index is 0.0397. The molecule has 0 atom stereocenters. The van der Waals surface area contributed by atoms with E-state index in [1.54, 1.807) is 0 Å². The van der Waals surface area contributed by atoms with Crippen molar-refractivity contribution in [1.29, 1.82) is 0 Å². The third kappa shape index (κ3) is 3.06. The van der Waals surface area contributed by atoms with Crippen LogP contribution < -0.4 is 16.0 Å². The normalized spacial score (nSPS) is 13.0. The number of amides is 3. The van der Waals surface area contributed by atoms with E-state index in [0.29, 0.717) is 0 Å². The number of carbonyl (C=O) groups is 4. The van der Waals surface area contributed by atoms with Crippen molar-refractivity contribution < 1.29 is 24.3 Å². The van der Waals surface area contributed by atoms with E-state index >= 15 is 0 Å². The third-order valence-electron chi connectivity index (χ3n) is 2.37. The van der Waals surface area contributed by atoms with Crippen LogP contribution in [-0.2, 0) is 19.2 Å². The Hall–Kier alpha value is -2.32. The zero-order valence-corrected chi connectivity index (χ0v) is 11.5. The van der Waals surface area contributed by atoms with Crippen molar-refractivity contribution in [3.8, 4) is 0 Å². The first-order chi connectivity index (χ1) is 9.79. The third-order valence-corrected chi connectivity index (χ3v) is 3.15. The number of benzene rings is 1. The maximum absolute atomic E-state index is 11.5. The number of hydrogen-bond acceptors (Lipinski definition) is 4. The first-order valence-corrected chi connectivity index (χ1v) is 6.10. The van der Waals surface area contributed by atoms with Gasteiger partial charge in [-0.25, -0.2) is 9.98 Å². The van der Waals surface area contributed by atoms with E-state index in [0.717, 1.165) is 0 Å². The minimum Gasteiger partial charge on any atom is -0.481 e. The van der Waals surface area contributed by atoms with Crippen LogP contribution >= 0.6 is 23.2 Å². The molecule has 1 heterocycles. The van der Waals surface area contributed by atoms with Crippen molar-refractivity contribution in [2.24, 2.45) is 9.98 Å². The summed E-state index contributed by atoms with van der Waals surface area (Å²) >= 11 is 11.7. The molecule has 21 heavy (non-hydrogen) atoms.